The molecule has 0 aromatic rings. The molecule has 0 aromatic carbocycles. The second-order valence-corrected chi connectivity index (χ2v) is 4.95. The number of carbonyl (C=O) groups is 1. The highest BCUT2D eigenvalue weighted by Gasteiger charge is 2.30. The van der Waals surface area contributed by atoms with Crippen molar-refractivity contribution in [1.29, 1.82) is 0 Å². The Morgan fingerprint density at radius 2 is 2.00 bits per heavy atom. The van der Waals surface area contributed by atoms with Gasteiger partial charge in [-0.3, -0.25) is 9.69 Å². The van der Waals surface area contributed by atoms with Gasteiger partial charge >= 0.3 is 0 Å². The van der Waals surface area contributed by atoms with E-state index in [1.54, 1.807) is 4.90 Å². The number of carbonyl (C=O) groups excluding carboxylic acids is 1. The maximum Gasteiger partial charge on any atom is 0.234 e. The standard InChI is InChI=1S/C12H24N2O4/c1-9(2)18-5-3-4-13-12(17)8-14-6-10(15)11(16)7-14/h9-11,15-16H,3-8H2,1-2H3,(H,13,17). The molecule has 2 unspecified atom stereocenters. The van der Waals surface area contributed by atoms with Crippen LogP contribution < -0.4 is 5.32 Å². The maximum atomic E-state index is 11.6. The predicted molar refractivity (Wildman–Crippen MR) is 67.2 cm³/mol. The van der Waals surface area contributed by atoms with E-state index in [1.165, 1.54) is 0 Å². The Morgan fingerprint density at radius 3 is 2.56 bits per heavy atom. The van der Waals surface area contributed by atoms with E-state index in [-0.39, 0.29) is 18.6 Å². The number of ether oxygens (including phenoxy) is 1. The first kappa shape index (κ1) is 15.4. The van der Waals surface area contributed by atoms with Gasteiger partial charge < -0.3 is 20.3 Å². The van der Waals surface area contributed by atoms with Crippen molar-refractivity contribution < 1.29 is 19.7 Å². The first-order valence-electron chi connectivity index (χ1n) is 6.46. The molecule has 1 fully saturated rings. The summed E-state index contributed by atoms with van der Waals surface area (Å²) in [6.07, 6.45) is -0.474. The topological polar surface area (TPSA) is 82.0 Å². The van der Waals surface area contributed by atoms with Crippen molar-refractivity contribution in [2.45, 2.75) is 38.6 Å². The fraction of sp³-hybridized carbons (Fsp3) is 0.917. The van der Waals surface area contributed by atoms with Crippen LogP contribution in [0.25, 0.3) is 0 Å². The van der Waals surface area contributed by atoms with Crippen molar-refractivity contribution in [3.05, 3.63) is 0 Å². The number of hydrogen-bond acceptors (Lipinski definition) is 5. The van der Waals surface area contributed by atoms with Crippen LogP contribution in [0.15, 0.2) is 0 Å². The third-order valence-electron chi connectivity index (χ3n) is 2.80. The number of likely N-dealkylation sites (tertiary alicyclic amines) is 1. The number of nitrogens with zero attached hydrogens (tertiary/aromatic N) is 1. The number of amides is 1. The van der Waals surface area contributed by atoms with E-state index in [2.05, 4.69) is 5.32 Å². The fourth-order valence-corrected chi connectivity index (χ4v) is 1.85. The van der Waals surface area contributed by atoms with Gasteiger partial charge in [0.15, 0.2) is 0 Å². The average molecular weight is 260 g/mol. The third-order valence-corrected chi connectivity index (χ3v) is 2.80. The molecule has 1 amide bonds. The number of nitrogens with one attached hydrogen (secondary N) is 1. The van der Waals surface area contributed by atoms with Crippen LogP contribution in [0.3, 0.4) is 0 Å². The molecule has 1 heterocycles. The van der Waals surface area contributed by atoms with Crippen LogP contribution in [0.4, 0.5) is 0 Å². The second-order valence-electron chi connectivity index (χ2n) is 4.95. The summed E-state index contributed by atoms with van der Waals surface area (Å²) in [5.41, 5.74) is 0. The Labute approximate surface area is 108 Å². The quantitative estimate of drug-likeness (QED) is 0.509. The number of aliphatic hydroxyl groups excluding tert-OH is 2. The Balaban J connectivity index is 2.04. The minimum absolute atomic E-state index is 0.0825. The molecule has 106 valence electrons. The summed E-state index contributed by atoms with van der Waals surface area (Å²) in [5.74, 6) is -0.0825. The minimum atomic E-state index is -0.739. The molecule has 6 heteroatoms. The van der Waals surface area contributed by atoms with Crippen molar-refractivity contribution in [1.82, 2.24) is 10.2 Å². The molecular formula is C12H24N2O4. The summed E-state index contributed by atoms with van der Waals surface area (Å²) in [7, 11) is 0. The molecule has 2 atom stereocenters. The smallest absolute Gasteiger partial charge is 0.234 e. The molecule has 0 bridgehead atoms. The first-order valence-corrected chi connectivity index (χ1v) is 6.46. The lowest BCUT2D eigenvalue weighted by Gasteiger charge is -2.14. The van der Waals surface area contributed by atoms with Crippen LogP contribution in [0.1, 0.15) is 20.3 Å². The molecule has 1 rings (SSSR count). The van der Waals surface area contributed by atoms with Gasteiger partial charge in [0.05, 0.1) is 24.9 Å². The second kappa shape index (κ2) is 7.68. The van der Waals surface area contributed by atoms with Crippen molar-refractivity contribution in [3.8, 4) is 0 Å². The molecule has 0 aliphatic carbocycles. The molecule has 1 saturated heterocycles. The van der Waals surface area contributed by atoms with Crippen LogP contribution in [0.2, 0.25) is 0 Å². The molecule has 0 spiro atoms. The first-order chi connectivity index (χ1) is 8.49. The van der Waals surface area contributed by atoms with E-state index < -0.39 is 12.2 Å². The molecule has 1 aliphatic rings. The highest BCUT2D eigenvalue weighted by molar-refractivity contribution is 5.78. The third kappa shape index (κ3) is 5.77. The summed E-state index contributed by atoms with van der Waals surface area (Å²) in [6.45, 7) is 6.10. The predicted octanol–water partition coefficient (Wildman–Crippen LogP) is -1.04. The SMILES string of the molecule is CC(C)OCCCNC(=O)CN1CC(O)C(O)C1. The Morgan fingerprint density at radius 1 is 1.39 bits per heavy atom. The van der Waals surface area contributed by atoms with Gasteiger partial charge in [0.1, 0.15) is 0 Å². The van der Waals surface area contributed by atoms with Gasteiger partial charge in [0.2, 0.25) is 5.91 Å². The fourth-order valence-electron chi connectivity index (χ4n) is 1.85. The molecular weight excluding hydrogens is 236 g/mol. The zero-order valence-corrected chi connectivity index (χ0v) is 11.1. The van der Waals surface area contributed by atoms with E-state index in [1.807, 2.05) is 13.8 Å². The molecule has 3 N–H and O–H groups in total. The van der Waals surface area contributed by atoms with Gasteiger partial charge in [-0.25, -0.2) is 0 Å². The Hall–Kier alpha value is -0.690. The molecule has 1 aliphatic heterocycles. The highest BCUT2D eigenvalue weighted by Crippen LogP contribution is 2.08. The van der Waals surface area contributed by atoms with E-state index in [4.69, 9.17) is 4.74 Å². The zero-order chi connectivity index (χ0) is 13.5. The van der Waals surface area contributed by atoms with Crippen LogP contribution in [0, 0.1) is 0 Å². The molecule has 6 nitrogen and oxygen atoms in total. The maximum absolute atomic E-state index is 11.6. The number of rotatable bonds is 7. The number of hydrogen-bond donors (Lipinski definition) is 3. The summed E-state index contributed by atoms with van der Waals surface area (Å²) < 4.78 is 5.36. The van der Waals surface area contributed by atoms with Gasteiger partial charge in [-0.2, -0.15) is 0 Å². The van der Waals surface area contributed by atoms with Crippen molar-refractivity contribution in [3.63, 3.8) is 0 Å². The van der Waals surface area contributed by atoms with Crippen LogP contribution in [0.5, 0.6) is 0 Å². The summed E-state index contributed by atoms with van der Waals surface area (Å²) in [6, 6.07) is 0. The van der Waals surface area contributed by atoms with Crippen LogP contribution in [-0.4, -0.2) is 72.1 Å². The lowest BCUT2D eigenvalue weighted by molar-refractivity contribution is -0.122. The highest BCUT2D eigenvalue weighted by atomic mass is 16.5. The van der Waals surface area contributed by atoms with Gasteiger partial charge in [0.25, 0.3) is 0 Å². The van der Waals surface area contributed by atoms with Crippen molar-refractivity contribution >= 4 is 5.91 Å². The molecule has 0 aromatic heterocycles. The average Bonchev–Trinajstić information content (AvgIpc) is 2.56. The molecule has 18 heavy (non-hydrogen) atoms. The Kier molecular flexibility index (Phi) is 6.56. The lowest BCUT2D eigenvalue weighted by Crippen LogP contribution is -2.37. The van der Waals surface area contributed by atoms with Crippen molar-refractivity contribution in [2.24, 2.45) is 0 Å². The summed E-state index contributed by atoms with van der Waals surface area (Å²) in [5, 5.41) is 21.5. The zero-order valence-electron chi connectivity index (χ0n) is 11.1. The van der Waals surface area contributed by atoms with E-state index >= 15 is 0 Å². The van der Waals surface area contributed by atoms with Gasteiger partial charge in [-0.05, 0) is 20.3 Å². The lowest BCUT2D eigenvalue weighted by atomic mass is 10.3. The largest absolute Gasteiger partial charge is 0.389 e. The normalized spacial score (nSPS) is 24.7. The van der Waals surface area contributed by atoms with Gasteiger partial charge in [-0.1, -0.05) is 0 Å². The number of β-amino-alcohol motifs (C(OH)–C–C–N with tert-alkyl or cyclic N) is 2. The monoisotopic (exact) mass is 260 g/mol. The summed E-state index contributed by atoms with van der Waals surface area (Å²) in [4.78, 5) is 13.3. The van der Waals surface area contributed by atoms with Crippen LogP contribution >= 0.6 is 0 Å². The number of aliphatic hydroxyl groups is 2. The van der Waals surface area contributed by atoms with Gasteiger partial charge in [0, 0.05) is 26.2 Å². The van der Waals surface area contributed by atoms with E-state index in [9.17, 15) is 15.0 Å². The van der Waals surface area contributed by atoms with Crippen LogP contribution in [-0.2, 0) is 9.53 Å². The van der Waals surface area contributed by atoms with E-state index in [0.29, 0.717) is 26.2 Å². The molecule has 0 saturated carbocycles. The minimum Gasteiger partial charge on any atom is -0.389 e. The van der Waals surface area contributed by atoms with Gasteiger partial charge in [-0.15, -0.1) is 0 Å². The Bertz CT molecular complexity index is 250. The van der Waals surface area contributed by atoms with Crippen molar-refractivity contribution in [2.75, 3.05) is 32.8 Å². The van der Waals surface area contributed by atoms with E-state index in [0.717, 1.165) is 6.42 Å². The molecule has 0 radical (unpaired) electrons. The summed E-state index contributed by atoms with van der Waals surface area (Å²) >= 11 is 0.